The molecule has 0 aliphatic carbocycles. The van der Waals surface area contributed by atoms with E-state index in [1.165, 1.54) is 17.0 Å². The number of likely N-dealkylation sites (N-methyl/N-ethyl adjacent to an activating group) is 2. The maximum atomic E-state index is 13.8. The number of benzene rings is 1. The third-order valence-electron chi connectivity index (χ3n) is 4.14. The first-order chi connectivity index (χ1) is 10.7. The Morgan fingerprint density at radius 3 is 2.74 bits per heavy atom. The molecular weight excluding hydrogens is 343 g/mol. The number of quaternary nitrogens is 1. The van der Waals surface area contributed by atoms with Crippen LogP contribution in [-0.2, 0) is 21.2 Å². The van der Waals surface area contributed by atoms with Crippen LogP contribution in [0.3, 0.4) is 0 Å². The van der Waals surface area contributed by atoms with Crippen molar-refractivity contribution in [1.82, 2.24) is 4.90 Å². The monoisotopic (exact) mass is 363 g/mol. The van der Waals surface area contributed by atoms with Crippen molar-refractivity contribution < 1.29 is 22.5 Å². The van der Waals surface area contributed by atoms with E-state index in [-0.39, 0.29) is 42.4 Å². The molecule has 0 spiro atoms. The maximum absolute atomic E-state index is 13.8. The van der Waals surface area contributed by atoms with Crippen molar-refractivity contribution in [3.05, 3.63) is 34.6 Å². The van der Waals surface area contributed by atoms with Crippen LogP contribution in [0.1, 0.15) is 12.0 Å². The molecule has 1 fully saturated rings. The van der Waals surface area contributed by atoms with Gasteiger partial charge in [-0.05, 0) is 18.6 Å². The van der Waals surface area contributed by atoms with Crippen molar-refractivity contribution in [3.63, 3.8) is 0 Å². The standard InChI is InChI=1S/C15H20ClFN2O3S/c1-18(8-12-13(16)4-3-5-14(12)17)9-15(20)19(2)11-6-7-23(21,22)10-11/h3-5,11H,6-10H2,1-2H3/p+1/t11-/m1/s1. The molecule has 1 aromatic rings. The van der Waals surface area contributed by atoms with Crippen LogP contribution in [0.5, 0.6) is 0 Å². The Kier molecular flexibility index (Phi) is 5.65. The number of carbonyl (C=O) groups excluding carboxylic acids is 1. The summed E-state index contributed by atoms with van der Waals surface area (Å²) in [6, 6.07) is 4.23. The van der Waals surface area contributed by atoms with Crippen molar-refractivity contribution in [2.45, 2.75) is 19.0 Å². The molecule has 0 aromatic heterocycles. The first kappa shape index (κ1) is 18.2. The third-order valence-corrected chi connectivity index (χ3v) is 6.25. The highest BCUT2D eigenvalue weighted by atomic mass is 35.5. The first-order valence-corrected chi connectivity index (χ1v) is 9.60. The Morgan fingerprint density at radius 2 is 2.17 bits per heavy atom. The van der Waals surface area contributed by atoms with Crippen LogP contribution >= 0.6 is 11.6 Å². The lowest BCUT2D eigenvalue weighted by molar-refractivity contribution is -0.885. The van der Waals surface area contributed by atoms with Crippen LogP contribution < -0.4 is 4.90 Å². The van der Waals surface area contributed by atoms with E-state index in [4.69, 9.17) is 11.6 Å². The van der Waals surface area contributed by atoms with Crippen LogP contribution in [0.2, 0.25) is 5.02 Å². The summed E-state index contributed by atoms with van der Waals surface area (Å²) in [5.41, 5.74) is 0.380. The third kappa shape index (κ3) is 4.65. The van der Waals surface area contributed by atoms with Gasteiger partial charge in [0.2, 0.25) is 0 Å². The van der Waals surface area contributed by atoms with Gasteiger partial charge < -0.3 is 9.80 Å². The van der Waals surface area contributed by atoms with E-state index < -0.39 is 9.84 Å². The van der Waals surface area contributed by atoms with Crippen LogP contribution in [0, 0.1) is 5.82 Å². The number of halogens is 2. The molecular formula is C15H21ClFN2O3S+. The fourth-order valence-electron chi connectivity index (χ4n) is 2.73. The minimum Gasteiger partial charge on any atom is -0.337 e. The van der Waals surface area contributed by atoms with Gasteiger partial charge >= 0.3 is 0 Å². The normalized spacial score (nSPS) is 21.1. The predicted molar refractivity (Wildman–Crippen MR) is 86.7 cm³/mol. The number of nitrogens with zero attached hydrogens (tertiary/aromatic N) is 1. The zero-order chi connectivity index (χ0) is 17.2. The molecule has 1 N–H and O–H groups in total. The molecule has 2 rings (SSSR count). The van der Waals surface area contributed by atoms with Gasteiger partial charge in [0.25, 0.3) is 5.91 Å². The van der Waals surface area contributed by atoms with Crippen molar-refractivity contribution in [1.29, 1.82) is 0 Å². The Hall–Kier alpha value is -1.18. The molecule has 1 aromatic carbocycles. The lowest BCUT2D eigenvalue weighted by Crippen LogP contribution is -3.09. The van der Waals surface area contributed by atoms with Crippen molar-refractivity contribution >= 4 is 27.3 Å². The van der Waals surface area contributed by atoms with Gasteiger partial charge in [-0.3, -0.25) is 4.79 Å². The summed E-state index contributed by atoms with van der Waals surface area (Å²) in [4.78, 5) is 14.6. The molecule has 0 bridgehead atoms. The van der Waals surface area contributed by atoms with Crippen LogP contribution in [0.15, 0.2) is 18.2 Å². The van der Waals surface area contributed by atoms with Gasteiger partial charge in [-0.2, -0.15) is 0 Å². The van der Waals surface area contributed by atoms with Crippen LogP contribution in [-0.4, -0.2) is 57.4 Å². The topological polar surface area (TPSA) is 58.9 Å². The number of hydrogen-bond acceptors (Lipinski definition) is 3. The summed E-state index contributed by atoms with van der Waals surface area (Å²) in [5, 5.41) is 0.340. The Morgan fingerprint density at radius 1 is 1.48 bits per heavy atom. The smallest absolute Gasteiger partial charge is 0.277 e. The highest BCUT2D eigenvalue weighted by molar-refractivity contribution is 7.91. The SMILES string of the molecule is CN(C(=O)C[NH+](C)Cc1c(F)cccc1Cl)[C@@H]1CCS(=O)(=O)C1. The summed E-state index contributed by atoms with van der Waals surface area (Å²) in [5.74, 6) is -0.396. The van der Waals surface area contributed by atoms with E-state index in [0.717, 1.165) is 4.90 Å². The van der Waals surface area contributed by atoms with Gasteiger partial charge in [0, 0.05) is 13.1 Å². The number of amides is 1. The number of sulfone groups is 1. The second kappa shape index (κ2) is 7.15. The zero-order valence-corrected chi connectivity index (χ0v) is 14.8. The fourth-order valence-corrected chi connectivity index (χ4v) is 4.74. The van der Waals surface area contributed by atoms with Crippen molar-refractivity contribution in [2.24, 2.45) is 0 Å². The summed E-state index contributed by atoms with van der Waals surface area (Å²) < 4.78 is 36.8. The summed E-state index contributed by atoms with van der Waals surface area (Å²) in [6.45, 7) is 0.436. The van der Waals surface area contributed by atoms with Gasteiger partial charge in [0.15, 0.2) is 16.4 Å². The summed E-state index contributed by atoms with van der Waals surface area (Å²) >= 11 is 5.99. The molecule has 2 atom stereocenters. The lowest BCUT2D eigenvalue weighted by Gasteiger charge is -2.25. The maximum Gasteiger partial charge on any atom is 0.277 e. The number of carbonyl (C=O) groups is 1. The van der Waals surface area contributed by atoms with Gasteiger partial charge in [0.05, 0.1) is 29.1 Å². The minimum absolute atomic E-state index is 0.0213. The highest BCUT2D eigenvalue weighted by Gasteiger charge is 2.33. The first-order valence-electron chi connectivity index (χ1n) is 7.40. The second-order valence-electron chi connectivity index (χ2n) is 6.07. The quantitative estimate of drug-likeness (QED) is 0.809. The number of nitrogens with one attached hydrogen (secondary N) is 1. The summed E-state index contributed by atoms with van der Waals surface area (Å²) in [7, 11) is 0.370. The molecule has 128 valence electrons. The molecule has 1 unspecified atom stereocenters. The van der Waals surface area contributed by atoms with Crippen molar-refractivity contribution in [3.8, 4) is 0 Å². The molecule has 5 nitrogen and oxygen atoms in total. The van der Waals surface area contributed by atoms with E-state index in [9.17, 15) is 17.6 Å². The van der Waals surface area contributed by atoms with Crippen LogP contribution in [0.4, 0.5) is 4.39 Å². The number of rotatable bonds is 5. The molecule has 23 heavy (non-hydrogen) atoms. The van der Waals surface area contributed by atoms with Crippen LogP contribution in [0.25, 0.3) is 0 Å². The van der Waals surface area contributed by atoms with Gasteiger partial charge in [-0.25, -0.2) is 12.8 Å². The summed E-state index contributed by atoms with van der Waals surface area (Å²) in [6.07, 6.45) is 0.475. The Balaban J connectivity index is 1.95. The molecule has 1 aliphatic rings. The zero-order valence-electron chi connectivity index (χ0n) is 13.2. The highest BCUT2D eigenvalue weighted by Crippen LogP contribution is 2.18. The predicted octanol–water partition coefficient (Wildman–Crippen LogP) is 0.139. The molecule has 8 heteroatoms. The second-order valence-corrected chi connectivity index (χ2v) is 8.71. The minimum atomic E-state index is -3.03. The van der Waals surface area contributed by atoms with E-state index >= 15 is 0 Å². The van der Waals surface area contributed by atoms with Crippen molar-refractivity contribution in [2.75, 3.05) is 32.1 Å². The lowest BCUT2D eigenvalue weighted by atomic mass is 10.2. The van der Waals surface area contributed by atoms with Gasteiger partial charge in [0.1, 0.15) is 12.4 Å². The molecule has 0 saturated carbocycles. The average molecular weight is 364 g/mol. The number of hydrogen-bond donors (Lipinski definition) is 1. The van der Waals surface area contributed by atoms with E-state index in [1.54, 1.807) is 20.2 Å². The molecule has 1 aliphatic heterocycles. The van der Waals surface area contributed by atoms with E-state index in [0.29, 0.717) is 17.0 Å². The molecule has 1 amide bonds. The van der Waals surface area contributed by atoms with Gasteiger partial charge in [-0.15, -0.1) is 0 Å². The van der Waals surface area contributed by atoms with E-state index in [1.807, 2.05) is 0 Å². The Bertz CT molecular complexity index is 676. The molecule has 1 saturated heterocycles. The average Bonchev–Trinajstić information content (AvgIpc) is 2.82. The fraction of sp³-hybridized carbons (Fsp3) is 0.533. The van der Waals surface area contributed by atoms with Gasteiger partial charge in [-0.1, -0.05) is 17.7 Å². The molecule has 0 radical (unpaired) electrons. The van der Waals surface area contributed by atoms with E-state index in [2.05, 4.69) is 0 Å². The Labute approximate surface area is 140 Å². The largest absolute Gasteiger partial charge is 0.337 e. The molecule has 1 heterocycles.